The van der Waals surface area contributed by atoms with E-state index in [1.165, 1.54) is 23.6 Å². The summed E-state index contributed by atoms with van der Waals surface area (Å²) in [5.74, 6) is -0.179. The SMILES string of the molecule is NS(=O)(=O)c1ccccc1-c1ccc(C(=O)Cc2ccsc2C(=O)Nc2ccc(Cl)cn2)cc1. The van der Waals surface area contributed by atoms with Crippen LogP contribution < -0.4 is 10.5 Å². The molecule has 4 rings (SSSR count). The van der Waals surface area contributed by atoms with E-state index in [9.17, 15) is 18.0 Å². The van der Waals surface area contributed by atoms with Crippen LogP contribution in [-0.2, 0) is 16.4 Å². The van der Waals surface area contributed by atoms with Gasteiger partial charge in [0.15, 0.2) is 5.78 Å². The van der Waals surface area contributed by atoms with E-state index in [4.69, 9.17) is 16.7 Å². The van der Waals surface area contributed by atoms with Gasteiger partial charge in [-0.2, -0.15) is 0 Å². The van der Waals surface area contributed by atoms with Crippen molar-refractivity contribution in [1.29, 1.82) is 0 Å². The summed E-state index contributed by atoms with van der Waals surface area (Å²) in [6.45, 7) is 0. The number of Topliss-reactive ketones (excluding diaryl/α,β-unsaturated/α-hetero) is 1. The molecule has 7 nitrogen and oxygen atoms in total. The van der Waals surface area contributed by atoms with Crippen molar-refractivity contribution < 1.29 is 18.0 Å². The lowest BCUT2D eigenvalue weighted by Gasteiger charge is -2.09. The van der Waals surface area contributed by atoms with Gasteiger partial charge in [0.25, 0.3) is 5.91 Å². The summed E-state index contributed by atoms with van der Waals surface area (Å²) >= 11 is 7.05. The molecule has 0 saturated carbocycles. The molecule has 3 N–H and O–H groups in total. The molecule has 34 heavy (non-hydrogen) atoms. The van der Waals surface area contributed by atoms with Crippen molar-refractivity contribution in [2.45, 2.75) is 11.3 Å². The second kappa shape index (κ2) is 9.86. The van der Waals surface area contributed by atoms with Crippen LogP contribution >= 0.6 is 22.9 Å². The van der Waals surface area contributed by atoms with Crippen LogP contribution in [0.1, 0.15) is 25.6 Å². The van der Waals surface area contributed by atoms with Crippen LogP contribution in [0.2, 0.25) is 5.02 Å². The third-order valence-corrected chi connectivity index (χ3v) is 7.13. The molecule has 0 spiro atoms. The number of pyridine rings is 1. The monoisotopic (exact) mass is 511 g/mol. The fraction of sp³-hybridized carbons (Fsp3) is 0.0417. The molecule has 0 unspecified atom stereocenters. The number of aromatic nitrogens is 1. The summed E-state index contributed by atoms with van der Waals surface area (Å²) in [5.41, 5.74) is 2.11. The molecular formula is C24H18ClN3O4S2. The van der Waals surface area contributed by atoms with E-state index in [1.54, 1.807) is 66.0 Å². The number of primary sulfonamides is 1. The molecule has 0 atom stereocenters. The zero-order chi connectivity index (χ0) is 24.3. The third kappa shape index (κ3) is 5.40. The Morgan fingerprint density at radius 3 is 2.41 bits per heavy atom. The topological polar surface area (TPSA) is 119 Å². The summed E-state index contributed by atoms with van der Waals surface area (Å²) in [6, 6.07) is 17.9. The average Bonchev–Trinajstić information content (AvgIpc) is 3.28. The van der Waals surface area contributed by atoms with Gasteiger partial charge < -0.3 is 5.32 Å². The highest BCUT2D eigenvalue weighted by Crippen LogP contribution is 2.27. The molecule has 0 aliphatic rings. The standard InChI is InChI=1S/C24H18ClN3O4S2/c25-18-9-10-22(27-14-18)28-24(30)23-17(11-12-33-23)13-20(29)16-7-5-15(6-8-16)19-3-1-2-4-21(19)34(26,31)32/h1-12,14H,13H2,(H2,26,31,32)(H,27,28,30). The minimum absolute atomic E-state index is 0.0122. The molecular weight excluding hydrogens is 494 g/mol. The maximum atomic E-state index is 12.9. The number of nitrogens with one attached hydrogen (secondary N) is 1. The Balaban J connectivity index is 1.50. The maximum absolute atomic E-state index is 12.9. The summed E-state index contributed by atoms with van der Waals surface area (Å²) in [6.07, 6.45) is 1.47. The second-order valence-corrected chi connectivity index (χ2v) is 10.2. The number of carbonyl (C=O) groups excluding carboxylic acids is 2. The highest BCUT2D eigenvalue weighted by Gasteiger charge is 2.18. The van der Waals surface area contributed by atoms with Crippen LogP contribution in [-0.4, -0.2) is 25.1 Å². The summed E-state index contributed by atoms with van der Waals surface area (Å²) in [5, 5.41) is 10.2. The minimum Gasteiger partial charge on any atom is -0.306 e. The van der Waals surface area contributed by atoms with Crippen LogP contribution in [0.4, 0.5) is 5.82 Å². The molecule has 0 fully saturated rings. The van der Waals surface area contributed by atoms with Crippen molar-refractivity contribution in [2.75, 3.05) is 5.32 Å². The fourth-order valence-electron chi connectivity index (χ4n) is 3.36. The van der Waals surface area contributed by atoms with Crippen LogP contribution in [0.5, 0.6) is 0 Å². The molecule has 0 saturated heterocycles. The quantitative estimate of drug-likeness (QED) is 0.346. The second-order valence-electron chi connectivity index (χ2n) is 7.31. The molecule has 1 amide bonds. The van der Waals surface area contributed by atoms with Crippen molar-refractivity contribution in [2.24, 2.45) is 5.14 Å². The Morgan fingerprint density at radius 1 is 1.00 bits per heavy atom. The van der Waals surface area contributed by atoms with Crippen molar-refractivity contribution in [3.05, 3.63) is 99.3 Å². The average molecular weight is 512 g/mol. The first-order chi connectivity index (χ1) is 16.2. The first-order valence-electron chi connectivity index (χ1n) is 9.97. The Morgan fingerprint density at radius 2 is 1.74 bits per heavy atom. The van der Waals surface area contributed by atoms with E-state index in [0.29, 0.717) is 38.0 Å². The highest BCUT2D eigenvalue weighted by atomic mass is 35.5. The maximum Gasteiger partial charge on any atom is 0.267 e. The van der Waals surface area contributed by atoms with E-state index in [1.807, 2.05) is 0 Å². The number of sulfonamides is 1. The zero-order valence-corrected chi connectivity index (χ0v) is 20.0. The number of nitrogens with two attached hydrogens (primary N) is 1. The normalized spacial score (nSPS) is 11.2. The molecule has 2 aromatic heterocycles. The lowest BCUT2D eigenvalue weighted by molar-refractivity contribution is 0.0993. The number of ketones is 1. The first-order valence-corrected chi connectivity index (χ1v) is 12.8. The zero-order valence-electron chi connectivity index (χ0n) is 17.6. The minimum atomic E-state index is -3.89. The molecule has 0 aliphatic heterocycles. The van der Waals surface area contributed by atoms with Gasteiger partial charge in [-0.1, -0.05) is 54.1 Å². The van der Waals surface area contributed by atoms with Crippen molar-refractivity contribution in [3.63, 3.8) is 0 Å². The van der Waals surface area contributed by atoms with Gasteiger partial charge in [0, 0.05) is 23.7 Å². The van der Waals surface area contributed by atoms with Crippen LogP contribution in [0.15, 0.2) is 83.2 Å². The summed E-state index contributed by atoms with van der Waals surface area (Å²) < 4.78 is 23.8. The molecule has 0 aliphatic carbocycles. The van der Waals surface area contributed by atoms with Gasteiger partial charge in [0.05, 0.1) is 14.8 Å². The van der Waals surface area contributed by atoms with Gasteiger partial charge in [-0.25, -0.2) is 18.5 Å². The number of amides is 1. The molecule has 2 heterocycles. The van der Waals surface area contributed by atoms with E-state index in [-0.39, 0.29) is 23.0 Å². The first kappa shape index (κ1) is 23.8. The van der Waals surface area contributed by atoms with Gasteiger partial charge >= 0.3 is 0 Å². The number of hydrogen-bond acceptors (Lipinski definition) is 6. The summed E-state index contributed by atoms with van der Waals surface area (Å²) in [4.78, 5) is 30.0. The number of thiophene rings is 1. The highest BCUT2D eigenvalue weighted by molar-refractivity contribution is 7.89. The fourth-order valence-corrected chi connectivity index (χ4v) is 5.05. The molecule has 2 aromatic carbocycles. The van der Waals surface area contributed by atoms with Crippen molar-refractivity contribution in [1.82, 2.24) is 4.98 Å². The Kier molecular flexibility index (Phi) is 6.90. The Labute approximate surface area is 205 Å². The van der Waals surface area contributed by atoms with Crippen molar-refractivity contribution in [3.8, 4) is 11.1 Å². The van der Waals surface area contributed by atoms with Gasteiger partial charge in [-0.15, -0.1) is 11.3 Å². The van der Waals surface area contributed by atoms with E-state index in [2.05, 4.69) is 10.3 Å². The van der Waals surface area contributed by atoms with E-state index in [0.717, 1.165) is 0 Å². The van der Waals surface area contributed by atoms with Crippen LogP contribution in [0.25, 0.3) is 11.1 Å². The molecule has 4 aromatic rings. The molecule has 172 valence electrons. The lowest BCUT2D eigenvalue weighted by atomic mass is 9.99. The number of carbonyl (C=O) groups is 2. The lowest BCUT2D eigenvalue weighted by Crippen LogP contribution is -2.14. The number of nitrogens with zero attached hydrogens (tertiary/aromatic N) is 1. The Hall–Kier alpha value is -3.37. The molecule has 10 heteroatoms. The van der Waals surface area contributed by atoms with E-state index >= 15 is 0 Å². The molecule has 0 bridgehead atoms. The largest absolute Gasteiger partial charge is 0.306 e. The summed E-state index contributed by atoms with van der Waals surface area (Å²) in [7, 11) is -3.89. The molecule has 0 radical (unpaired) electrons. The number of anilines is 1. The van der Waals surface area contributed by atoms with Gasteiger partial charge in [-0.05, 0) is 40.8 Å². The van der Waals surface area contributed by atoms with Gasteiger partial charge in [0.1, 0.15) is 5.82 Å². The third-order valence-electron chi connectivity index (χ3n) is 4.98. The van der Waals surface area contributed by atoms with Crippen LogP contribution in [0.3, 0.4) is 0 Å². The smallest absolute Gasteiger partial charge is 0.267 e. The predicted molar refractivity (Wildman–Crippen MR) is 133 cm³/mol. The van der Waals surface area contributed by atoms with Crippen molar-refractivity contribution >= 4 is 50.5 Å². The van der Waals surface area contributed by atoms with Crippen LogP contribution in [0, 0.1) is 0 Å². The predicted octanol–water partition coefficient (Wildman–Crippen LogP) is 4.79. The number of hydrogen-bond donors (Lipinski definition) is 2. The van der Waals surface area contributed by atoms with Gasteiger partial charge in [-0.3, -0.25) is 9.59 Å². The number of benzene rings is 2. The Bertz CT molecular complexity index is 1460. The van der Waals surface area contributed by atoms with Gasteiger partial charge in [0.2, 0.25) is 10.0 Å². The van der Waals surface area contributed by atoms with E-state index < -0.39 is 10.0 Å². The number of rotatable bonds is 7. The number of halogens is 1.